The van der Waals surface area contributed by atoms with Crippen LogP contribution in [0.1, 0.15) is 53.9 Å². The van der Waals surface area contributed by atoms with Crippen molar-refractivity contribution >= 4 is 51.0 Å². The van der Waals surface area contributed by atoms with Crippen molar-refractivity contribution in [1.29, 1.82) is 0 Å². The van der Waals surface area contributed by atoms with Gasteiger partial charge in [0, 0.05) is 30.5 Å². The minimum absolute atomic E-state index is 0.00173. The number of carboxylic acid groups (broad SMARTS) is 1. The van der Waals surface area contributed by atoms with Gasteiger partial charge in [0.15, 0.2) is 0 Å². The van der Waals surface area contributed by atoms with Gasteiger partial charge in [0.05, 0.1) is 24.4 Å². The van der Waals surface area contributed by atoms with E-state index in [1.54, 1.807) is 59.4 Å². The lowest BCUT2D eigenvalue weighted by Gasteiger charge is -2.30. The average Bonchev–Trinajstić information content (AvgIpc) is 3.97. The zero-order valence-electron chi connectivity index (χ0n) is 33.2. The Bertz CT molecular complexity index is 2350. The highest BCUT2D eigenvalue weighted by Crippen LogP contribution is 2.28. The number of thiophene rings is 1. The van der Waals surface area contributed by atoms with E-state index in [9.17, 15) is 34.2 Å². The maximum absolute atomic E-state index is 14.4. The molecule has 8 rings (SSSR count). The summed E-state index contributed by atoms with van der Waals surface area (Å²) in [4.78, 5) is 70.5. The van der Waals surface area contributed by atoms with E-state index in [4.69, 9.17) is 9.47 Å². The van der Waals surface area contributed by atoms with Crippen LogP contribution in [0.4, 0.5) is 0 Å². The highest BCUT2D eigenvalue weighted by atomic mass is 32.1. The van der Waals surface area contributed by atoms with Crippen molar-refractivity contribution < 1.29 is 43.7 Å². The first-order valence-electron chi connectivity index (χ1n) is 19.8. The van der Waals surface area contributed by atoms with E-state index in [-0.39, 0.29) is 62.7 Å². The average molecular weight is 838 g/mol. The van der Waals surface area contributed by atoms with Crippen LogP contribution in [-0.2, 0) is 45.2 Å². The van der Waals surface area contributed by atoms with Gasteiger partial charge >= 0.3 is 5.97 Å². The number of hydrogen-bond acceptors (Lipinski definition) is 11. The van der Waals surface area contributed by atoms with Gasteiger partial charge in [-0.3, -0.25) is 19.2 Å². The molecule has 5 aromatic rings. The van der Waals surface area contributed by atoms with Crippen LogP contribution in [0.5, 0.6) is 11.5 Å². The first kappa shape index (κ1) is 41.8. The third kappa shape index (κ3) is 10.1. The van der Waals surface area contributed by atoms with Crippen LogP contribution in [0.3, 0.4) is 0 Å². The maximum Gasteiger partial charge on any atom is 0.326 e. The molecule has 4 amide bonds. The first-order valence-corrected chi connectivity index (χ1v) is 20.7. The monoisotopic (exact) mass is 837 g/mol. The van der Waals surface area contributed by atoms with Gasteiger partial charge < -0.3 is 40.5 Å². The third-order valence-corrected chi connectivity index (χ3v) is 11.5. The Morgan fingerprint density at radius 2 is 1.70 bits per heavy atom. The number of para-hydroxylation sites is 1. The highest BCUT2D eigenvalue weighted by molar-refractivity contribution is 7.17. The molecular weight excluding hydrogens is 791 g/mol. The number of aliphatic carboxylic acids is 1. The van der Waals surface area contributed by atoms with Crippen molar-refractivity contribution in [1.82, 2.24) is 35.8 Å². The molecule has 0 radical (unpaired) electrons. The van der Waals surface area contributed by atoms with Crippen molar-refractivity contribution in [2.75, 3.05) is 13.2 Å². The predicted molar refractivity (Wildman–Crippen MR) is 220 cm³/mol. The minimum Gasteiger partial charge on any atom is -0.492 e. The molecule has 0 spiro atoms. The number of hydrogen-bond donors (Lipinski definition) is 5. The number of carbonyl (C=O) groups is 5. The molecule has 5 N–H and O–H groups in total. The second kappa shape index (κ2) is 18.7. The van der Waals surface area contributed by atoms with Gasteiger partial charge in [-0.05, 0) is 64.6 Å². The van der Waals surface area contributed by atoms with E-state index in [0.29, 0.717) is 23.6 Å². The zero-order valence-corrected chi connectivity index (χ0v) is 34.0. The summed E-state index contributed by atoms with van der Waals surface area (Å²) in [5.74, 6) is -3.13. The minimum atomic E-state index is -1.35. The Hall–Kier alpha value is -6.33. The summed E-state index contributed by atoms with van der Waals surface area (Å²) in [6.07, 6.45) is 0.701. The van der Waals surface area contributed by atoms with Crippen LogP contribution in [0.25, 0.3) is 10.1 Å². The maximum atomic E-state index is 14.4. The molecule has 314 valence electrons. The molecule has 16 nitrogen and oxygen atoms in total. The van der Waals surface area contributed by atoms with Crippen LogP contribution in [-0.4, -0.2) is 103 Å². The van der Waals surface area contributed by atoms with E-state index < -0.39 is 59.9 Å². The topological polar surface area (TPSA) is 214 Å². The predicted octanol–water partition coefficient (Wildman–Crippen LogP) is 3.11. The summed E-state index contributed by atoms with van der Waals surface area (Å²) in [7, 11) is 0. The Morgan fingerprint density at radius 1 is 0.933 bits per heavy atom. The van der Waals surface area contributed by atoms with Crippen molar-refractivity contribution in [3.8, 4) is 11.5 Å². The molecule has 5 heterocycles. The number of carboxylic acids is 1. The molecule has 4 bridgehead atoms. The number of aliphatic hydroxyl groups is 1. The number of rotatable bonds is 5. The van der Waals surface area contributed by atoms with Crippen molar-refractivity contribution in [3.63, 3.8) is 0 Å². The van der Waals surface area contributed by atoms with Crippen LogP contribution in [0, 0.1) is 5.92 Å². The number of aliphatic hydroxyl groups excluding tert-OH is 1. The summed E-state index contributed by atoms with van der Waals surface area (Å²) in [5.41, 5.74) is 2.06. The lowest BCUT2D eigenvalue weighted by Crippen LogP contribution is -2.58. The quantitative estimate of drug-likeness (QED) is 0.174. The number of nitrogens with one attached hydrogen (secondary N) is 3. The van der Waals surface area contributed by atoms with Gasteiger partial charge in [0.2, 0.25) is 17.7 Å². The van der Waals surface area contributed by atoms with Gasteiger partial charge in [-0.15, -0.1) is 16.4 Å². The first-order chi connectivity index (χ1) is 28.9. The Labute approximate surface area is 349 Å². The Balaban J connectivity index is 1.21. The van der Waals surface area contributed by atoms with Gasteiger partial charge in [-0.2, -0.15) is 0 Å². The van der Waals surface area contributed by atoms with Gasteiger partial charge in [-0.1, -0.05) is 61.5 Å². The van der Waals surface area contributed by atoms with Crippen LogP contribution in [0.2, 0.25) is 0 Å². The fourth-order valence-corrected chi connectivity index (χ4v) is 8.43. The van der Waals surface area contributed by atoms with Crippen LogP contribution < -0.4 is 25.4 Å². The fourth-order valence-electron chi connectivity index (χ4n) is 7.46. The van der Waals surface area contributed by atoms with Crippen molar-refractivity contribution in [3.05, 3.63) is 107 Å². The molecule has 0 aliphatic carbocycles. The molecule has 5 atom stereocenters. The van der Waals surface area contributed by atoms with Crippen molar-refractivity contribution in [2.24, 2.45) is 5.92 Å². The summed E-state index contributed by atoms with van der Waals surface area (Å²) < 4.78 is 14.5. The molecule has 60 heavy (non-hydrogen) atoms. The largest absolute Gasteiger partial charge is 0.492 e. The van der Waals surface area contributed by atoms with E-state index in [1.165, 1.54) is 16.2 Å². The Morgan fingerprint density at radius 3 is 2.48 bits per heavy atom. The van der Waals surface area contributed by atoms with Gasteiger partial charge in [-0.25, -0.2) is 9.48 Å². The molecule has 0 unspecified atom stereocenters. The molecule has 0 saturated carbocycles. The number of carbonyl (C=O) groups excluding carboxylic acids is 4. The number of ether oxygens (including phenoxy) is 2. The van der Waals surface area contributed by atoms with Gasteiger partial charge in [0.25, 0.3) is 5.91 Å². The van der Waals surface area contributed by atoms with Gasteiger partial charge in [0.1, 0.15) is 54.6 Å². The van der Waals surface area contributed by atoms with Crippen molar-refractivity contribution in [2.45, 2.75) is 83.0 Å². The second-order valence-corrected chi connectivity index (χ2v) is 16.3. The number of benzene rings is 3. The molecule has 3 aliphatic heterocycles. The van der Waals surface area contributed by atoms with Crippen LogP contribution in [0.15, 0.2) is 84.4 Å². The van der Waals surface area contributed by atoms with E-state index in [0.717, 1.165) is 15.6 Å². The van der Waals surface area contributed by atoms with E-state index in [1.807, 2.05) is 43.5 Å². The lowest BCUT2D eigenvalue weighted by atomic mass is 10.0. The lowest BCUT2D eigenvalue weighted by molar-refractivity contribution is -0.143. The number of aromatic nitrogens is 3. The molecule has 3 aromatic carbocycles. The smallest absolute Gasteiger partial charge is 0.326 e. The fraction of sp³-hybridized carbons (Fsp3) is 0.372. The molecule has 2 aromatic heterocycles. The summed E-state index contributed by atoms with van der Waals surface area (Å²) in [5, 5.41) is 40.5. The molecular formula is C43H47N7O9S. The number of fused-ring (bicyclic) bond motifs is 15. The number of amides is 4. The zero-order chi connectivity index (χ0) is 42.3. The van der Waals surface area contributed by atoms with E-state index in [2.05, 4.69) is 26.3 Å². The van der Waals surface area contributed by atoms with Crippen LogP contribution >= 0.6 is 11.3 Å². The molecule has 17 heteroatoms. The second-order valence-electron chi connectivity index (χ2n) is 15.4. The Kier molecular flexibility index (Phi) is 13.0. The third-order valence-electron chi connectivity index (χ3n) is 10.5. The summed E-state index contributed by atoms with van der Waals surface area (Å²) in [6.45, 7) is 4.22. The molecule has 3 aliphatic rings. The summed E-state index contributed by atoms with van der Waals surface area (Å²) >= 11 is 1.47. The summed E-state index contributed by atoms with van der Waals surface area (Å²) in [6, 6.07) is 16.2. The highest BCUT2D eigenvalue weighted by Gasteiger charge is 2.43. The normalized spacial score (nSPS) is 22.2. The van der Waals surface area contributed by atoms with E-state index >= 15 is 0 Å². The molecule has 1 saturated heterocycles. The standard InChI is InChI=1S/C43H47N7O9S/c1-25(2)17-34-42(55)50-22-29(51)20-36(50)41(54)44-33(19-27-24-60-38-10-6-4-7-31(27)38)40(53)46-35(43(56)57)18-26-11-13-30(14-12-26)58-16-15-49-21-28(47-48-49)23-59-37-9-5-3-8-32(37)39(52)45-34/h3-14,21,24-25,29,33-36,51H,15-20,22-23H2,1-2H3,(H,44,54)(H,45,52)(H,46,53)(H,56,57)/t29-,33-,34+,35-,36+/m0/s1. The SMILES string of the molecule is CC(C)C[C@H]1NC(=O)c2ccccc2OCc2cn(nn2)CCOc2ccc(cc2)C[C@@H](C(=O)O)NC(=O)[C@H](Cc2csc3ccccc23)NC(=O)[C@H]2C[C@H](O)CN2C1=O. The number of nitrogens with zero attached hydrogens (tertiary/aromatic N) is 4. The molecule has 1 fully saturated rings.